The fraction of sp³-hybridized carbons (Fsp3) is 0.476. The van der Waals surface area contributed by atoms with Gasteiger partial charge in [-0.05, 0) is 44.1 Å². The zero-order valence-electron chi connectivity index (χ0n) is 16.5. The Morgan fingerprint density at radius 2 is 1.85 bits per heavy atom. The van der Waals surface area contributed by atoms with Gasteiger partial charge < -0.3 is 24.7 Å². The summed E-state index contributed by atoms with van der Waals surface area (Å²) in [5, 5.41) is 6.67. The van der Waals surface area contributed by atoms with Crippen LogP contribution in [0.25, 0.3) is 0 Å². The van der Waals surface area contributed by atoms with Crippen molar-refractivity contribution >= 4 is 5.96 Å². The molecule has 0 bridgehead atoms. The molecule has 0 atom stereocenters. The summed E-state index contributed by atoms with van der Waals surface area (Å²) in [6.45, 7) is 4.95. The summed E-state index contributed by atoms with van der Waals surface area (Å²) in [4.78, 5) is 6.59. The molecule has 1 aromatic heterocycles. The number of aliphatic imine (C=N–C) groups is 1. The van der Waals surface area contributed by atoms with Crippen molar-refractivity contribution in [2.24, 2.45) is 4.99 Å². The number of nitrogens with zero attached hydrogens (tertiary/aromatic N) is 2. The first kappa shape index (κ1) is 21.0. The summed E-state index contributed by atoms with van der Waals surface area (Å²) in [5.74, 6) is 1.70. The molecule has 6 heteroatoms. The Labute approximate surface area is 162 Å². The summed E-state index contributed by atoms with van der Waals surface area (Å²) in [7, 11) is 3.95. The molecule has 27 heavy (non-hydrogen) atoms. The van der Waals surface area contributed by atoms with Crippen LogP contribution < -0.4 is 10.6 Å². The van der Waals surface area contributed by atoms with Crippen molar-refractivity contribution in [3.8, 4) is 0 Å². The molecule has 2 aromatic rings. The molecule has 2 N–H and O–H groups in total. The van der Waals surface area contributed by atoms with Crippen LogP contribution in [0.5, 0.6) is 0 Å². The molecular formula is C21H32N4O2. The van der Waals surface area contributed by atoms with Crippen molar-refractivity contribution in [1.82, 2.24) is 15.5 Å². The fourth-order valence-electron chi connectivity index (χ4n) is 2.70. The number of guanidine groups is 1. The highest BCUT2D eigenvalue weighted by Crippen LogP contribution is 2.03. The number of furan rings is 1. The normalized spacial score (nSPS) is 11.7. The number of hydrogen-bond donors (Lipinski definition) is 2. The Kier molecular flexibility index (Phi) is 10.1. The SMILES string of the molecule is CN=C(NCCCOCc1ccco1)NCCCN(C)Cc1ccccc1. The zero-order chi connectivity index (χ0) is 19.2. The van der Waals surface area contributed by atoms with Gasteiger partial charge in [-0.2, -0.15) is 0 Å². The third-order valence-corrected chi connectivity index (χ3v) is 4.11. The highest BCUT2D eigenvalue weighted by atomic mass is 16.5. The molecule has 148 valence electrons. The average molecular weight is 373 g/mol. The Hall–Kier alpha value is -2.31. The maximum absolute atomic E-state index is 5.57. The van der Waals surface area contributed by atoms with E-state index in [1.807, 2.05) is 12.1 Å². The third kappa shape index (κ3) is 9.26. The van der Waals surface area contributed by atoms with Crippen molar-refractivity contribution in [2.45, 2.75) is 26.0 Å². The van der Waals surface area contributed by atoms with Crippen molar-refractivity contribution < 1.29 is 9.15 Å². The molecule has 0 amide bonds. The van der Waals surface area contributed by atoms with E-state index in [2.05, 4.69) is 57.9 Å². The molecule has 0 unspecified atom stereocenters. The molecule has 0 aliphatic heterocycles. The van der Waals surface area contributed by atoms with Gasteiger partial charge in [0.1, 0.15) is 12.4 Å². The van der Waals surface area contributed by atoms with Crippen LogP contribution >= 0.6 is 0 Å². The molecule has 6 nitrogen and oxygen atoms in total. The molecular weight excluding hydrogens is 340 g/mol. The average Bonchev–Trinajstić information content (AvgIpc) is 3.20. The van der Waals surface area contributed by atoms with Gasteiger partial charge >= 0.3 is 0 Å². The molecule has 2 rings (SSSR count). The van der Waals surface area contributed by atoms with Gasteiger partial charge in [0.15, 0.2) is 5.96 Å². The molecule has 0 aliphatic carbocycles. The lowest BCUT2D eigenvalue weighted by atomic mass is 10.2. The van der Waals surface area contributed by atoms with Crippen molar-refractivity contribution in [3.05, 3.63) is 60.1 Å². The first-order valence-electron chi connectivity index (χ1n) is 9.55. The second-order valence-electron chi connectivity index (χ2n) is 6.49. The molecule has 0 spiro atoms. The number of benzene rings is 1. The number of ether oxygens (including phenoxy) is 1. The maximum Gasteiger partial charge on any atom is 0.190 e. The Morgan fingerprint density at radius 3 is 2.56 bits per heavy atom. The van der Waals surface area contributed by atoms with Crippen LogP contribution in [0.4, 0.5) is 0 Å². The Balaban J connectivity index is 1.47. The van der Waals surface area contributed by atoms with Crippen molar-refractivity contribution in [1.29, 1.82) is 0 Å². The molecule has 0 saturated carbocycles. The predicted molar refractivity (Wildman–Crippen MR) is 110 cm³/mol. The Bertz CT molecular complexity index is 629. The lowest BCUT2D eigenvalue weighted by Crippen LogP contribution is -2.39. The van der Waals surface area contributed by atoms with Gasteiger partial charge in [-0.15, -0.1) is 0 Å². The molecule has 1 aromatic carbocycles. The van der Waals surface area contributed by atoms with Gasteiger partial charge in [-0.3, -0.25) is 4.99 Å². The molecule has 0 radical (unpaired) electrons. The second-order valence-corrected chi connectivity index (χ2v) is 6.49. The van der Waals surface area contributed by atoms with E-state index >= 15 is 0 Å². The lowest BCUT2D eigenvalue weighted by Gasteiger charge is -2.17. The number of hydrogen-bond acceptors (Lipinski definition) is 4. The zero-order valence-corrected chi connectivity index (χ0v) is 16.5. The summed E-state index contributed by atoms with van der Waals surface area (Å²) in [6, 6.07) is 14.3. The van der Waals surface area contributed by atoms with Crippen LogP contribution in [0.3, 0.4) is 0 Å². The highest BCUT2D eigenvalue weighted by Gasteiger charge is 2.01. The van der Waals surface area contributed by atoms with Crippen LogP contribution in [0.1, 0.15) is 24.2 Å². The molecule has 0 saturated heterocycles. The molecule has 0 aliphatic rings. The first-order chi connectivity index (χ1) is 13.3. The van der Waals surface area contributed by atoms with E-state index in [1.165, 1.54) is 5.56 Å². The third-order valence-electron chi connectivity index (χ3n) is 4.11. The smallest absolute Gasteiger partial charge is 0.190 e. The minimum absolute atomic E-state index is 0.524. The largest absolute Gasteiger partial charge is 0.467 e. The number of nitrogens with one attached hydrogen (secondary N) is 2. The molecule has 0 fully saturated rings. The Morgan fingerprint density at radius 1 is 1.07 bits per heavy atom. The minimum atomic E-state index is 0.524. The summed E-state index contributed by atoms with van der Waals surface area (Å²) < 4.78 is 10.8. The van der Waals surface area contributed by atoms with Crippen LogP contribution in [0.15, 0.2) is 58.1 Å². The van der Waals surface area contributed by atoms with Crippen molar-refractivity contribution in [3.63, 3.8) is 0 Å². The van der Waals surface area contributed by atoms with E-state index in [4.69, 9.17) is 9.15 Å². The monoisotopic (exact) mass is 372 g/mol. The van der Waals surface area contributed by atoms with E-state index in [9.17, 15) is 0 Å². The fourth-order valence-corrected chi connectivity index (χ4v) is 2.70. The summed E-state index contributed by atoms with van der Waals surface area (Å²) in [6.07, 6.45) is 3.65. The quantitative estimate of drug-likeness (QED) is 0.341. The van der Waals surface area contributed by atoms with E-state index in [0.717, 1.165) is 50.7 Å². The van der Waals surface area contributed by atoms with Gasteiger partial charge in [0.05, 0.1) is 6.26 Å². The van der Waals surface area contributed by atoms with Crippen molar-refractivity contribution in [2.75, 3.05) is 40.3 Å². The maximum atomic E-state index is 5.57. The van der Waals surface area contributed by atoms with E-state index in [1.54, 1.807) is 13.3 Å². The van der Waals surface area contributed by atoms with Gasteiger partial charge in [0.2, 0.25) is 0 Å². The van der Waals surface area contributed by atoms with Gasteiger partial charge in [-0.25, -0.2) is 0 Å². The first-order valence-corrected chi connectivity index (χ1v) is 9.55. The van der Waals surface area contributed by atoms with Gasteiger partial charge in [-0.1, -0.05) is 30.3 Å². The summed E-state index contributed by atoms with van der Waals surface area (Å²) >= 11 is 0. The van der Waals surface area contributed by atoms with E-state index in [-0.39, 0.29) is 0 Å². The van der Waals surface area contributed by atoms with E-state index in [0.29, 0.717) is 13.2 Å². The minimum Gasteiger partial charge on any atom is -0.467 e. The van der Waals surface area contributed by atoms with Crippen LogP contribution in [-0.2, 0) is 17.9 Å². The van der Waals surface area contributed by atoms with E-state index < -0.39 is 0 Å². The topological polar surface area (TPSA) is 62.0 Å². The van der Waals surface area contributed by atoms with Crippen LogP contribution in [0, 0.1) is 0 Å². The van der Waals surface area contributed by atoms with Gasteiger partial charge in [0.25, 0.3) is 0 Å². The summed E-state index contributed by atoms with van der Waals surface area (Å²) in [5.41, 5.74) is 1.35. The van der Waals surface area contributed by atoms with Gasteiger partial charge in [0, 0.05) is 33.3 Å². The highest BCUT2D eigenvalue weighted by molar-refractivity contribution is 5.79. The standard InChI is InChI=1S/C21H32N4O2/c1-22-21(24-13-8-15-26-18-20-11-6-16-27-20)23-12-7-14-25(2)17-19-9-4-3-5-10-19/h3-6,9-11,16H,7-8,12-15,17-18H2,1-2H3,(H2,22,23,24). The van der Waals surface area contributed by atoms with Crippen LogP contribution in [0.2, 0.25) is 0 Å². The lowest BCUT2D eigenvalue weighted by molar-refractivity contribution is 0.105. The predicted octanol–water partition coefficient (Wildman–Crippen LogP) is 2.87. The number of rotatable bonds is 12. The second kappa shape index (κ2) is 12.9. The van der Waals surface area contributed by atoms with Crippen LogP contribution in [-0.4, -0.2) is 51.2 Å². The molecule has 1 heterocycles.